The van der Waals surface area contributed by atoms with Crippen molar-refractivity contribution in [3.05, 3.63) is 34.4 Å². The van der Waals surface area contributed by atoms with Crippen LogP contribution in [0.1, 0.15) is 57.4 Å². The van der Waals surface area contributed by atoms with E-state index >= 15 is 0 Å². The fraction of sp³-hybridized carbons (Fsp3) is 0.438. The molecular formula is C16H20O6. The van der Waals surface area contributed by atoms with Gasteiger partial charge in [-0.2, -0.15) is 0 Å². The van der Waals surface area contributed by atoms with Crippen molar-refractivity contribution in [2.24, 2.45) is 0 Å². The molecule has 0 amide bonds. The lowest BCUT2D eigenvalue weighted by molar-refractivity contribution is 0.00695. The van der Waals surface area contributed by atoms with Gasteiger partial charge in [0.1, 0.15) is 5.60 Å². The summed E-state index contributed by atoms with van der Waals surface area (Å²) < 4.78 is 14.6. The second-order valence-electron chi connectivity index (χ2n) is 5.68. The molecule has 6 nitrogen and oxygen atoms in total. The van der Waals surface area contributed by atoms with Crippen molar-refractivity contribution in [3.8, 4) is 0 Å². The number of rotatable bonds is 3. The molecule has 0 bridgehead atoms. The molecule has 0 aliphatic carbocycles. The zero-order chi connectivity index (χ0) is 17.1. The Morgan fingerprint density at radius 3 is 1.59 bits per heavy atom. The molecule has 0 aliphatic rings. The zero-order valence-electron chi connectivity index (χ0n) is 13.6. The van der Waals surface area contributed by atoms with E-state index in [1.807, 2.05) is 0 Å². The lowest BCUT2D eigenvalue weighted by Gasteiger charge is -2.20. The molecule has 22 heavy (non-hydrogen) atoms. The maximum Gasteiger partial charge on any atom is 0.338 e. The minimum atomic E-state index is -0.696. The highest BCUT2D eigenvalue weighted by Gasteiger charge is 2.24. The summed E-state index contributed by atoms with van der Waals surface area (Å²) in [4.78, 5) is 35.8. The monoisotopic (exact) mass is 308 g/mol. The van der Waals surface area contributed by atoms with E-state index in [1.165, 1.54) is 26.4 Å². The number of hydrogen-bond acceptors (Lipinski definition) is 6. The van der Waals surface area contributed by atoms with Crippen molar-refractivity contribution in [2.75, 3.05) is 14.2 Å². The molecule has 0 N–H and O–H groups in total. The second kappa shape index (κ2) is 6.60. The van der Waals surface area contributed by atoms with Gasteiger partial charge in [0.15, 0.2) is 0 Å². The van der Waals surface area contributed by atoms with Crippen LogP contribution >= 0.6 is 0 Å². The molecule has 120 valence electrons. The van der Waals surface area contributed by atoms with Crippen LogP contribution in [0.3, 0.4) is 0 Å². The van der Waals surface area contributed by atoms with Gasteiger partial charge in [0.25, 0.3) is 0 Å². The summed E-state index contributed by atoms with van der Waals surface area (Å²) in [6.45, 7) is 6.75. The molecule has 0 aliphatic heterocycles. The first-order chi connectivity index (χ1) is 10.1. The topological polar surface area (TPSA) is 78.9 Å². The van der Waals surface area contributed by atoms with Gasteiger partial charge in [-0.1, -0.05) is 0 Å². The fourth-order valence-electron chi connectivity index (χ4n) is 1.81. The van der Waals surface area contributed by atoms with Gasteiger partial charge < -0.3 is 14.2 Å². The van der Waals surface area contributed by atoms with E-state index in [0.29, 0.717) is 5.56 Å². The molecule has 1 rings (SSSR count). The summed E-state index contributed by atoms with van der Waals surface area (Å²) in [6, 6.07) is 2.70. The molecule has 0 unspecified atom stereocenters. The average Bonchev–Trinajstić information content (AvgIpc) is 2.43. The number of carbonyl (C=O) groups is 3. The van der Waals surface area contributed by atoms with Crippen molar-refractivity contribution < 1.29 is 28.6 Å². The predicted octanol–water partition coefficient (Wildman–Crippen LogP) is 2.52. The fourth-order valence-corrected chi connectivity index (χ4v) is 1.81. The van der Waals surface area contributed by atoms with E-state index < -0.39 is 23.5 Å². The Morgan fingerprint density at radius 2 is 1.27 bits per heavy atom. The van der Waals surface area contributed by atoms with Gasteiger partial charge in [-0.25, -0.2) is 14.4 Å². The molecule has 1 aromatic rings. The predicted molar refractivity (Wildman–Crippen MR) is 79.0 cm³/mol. The molecular weight excluding hydrogens is 288 g/mol. The molecule has 0 saturated heterocycles. The average molecular weight is 308 g/mol. The van der Waals surface area contributed by atoms with Crippen molar-refractivity contribution in [3.63, 3.8) is 0 Å². The molecule has 6 heteroatoms. The van der Waals surface area contributed by atoms with E-state index in [-0.39, 0.29) is 16.7 Å². The van der Waals surface area contributed by atoms with E-state index in [1.54, 1.807) is 27.7 Å². The highest BCUT2D eigenvalue weighted by atomic mass is 16.6. The first-order valence-electron chi connectivity index (χ1n) is 6.65. The summed E-state index contributed by atoms with van der Waals surface area (Å²) >= 11 is 0. The normalized spacial score (nSPS) is 10.8. The Hall–Kier alpha value is -2.37. The van der Waals surface area contributed by atoms with Crippen LogP contribution in [-0.4, -0.2) is 37.7 Å². The summed E-state index contributed by atoms with van der Waals surface area (Å²) in [5, 5.41) is 0. The van der Waals surface area contributed by atoms with Crippen molar-refractivity contribution >= 4 is 17.9 Å². The van der Waals surface area contributed by atoms with Crippen molar-refractivity contribution in [1.29, 1.82) is 0 Å². The summed E-state index contributed by atoms with van der Waals surface area (Å²) in [6.07, 6.45) is 0. The minimum absolute atomic E-state index is 0.0846. The van der Waals surface area contributed by atoms with Gasteiger partial charge in [0.05, 0.1) is 30.9 Å². The first kappa shape index (κ1) is 17.7. The van der Waals surface area contributed by atoms with Crippen molar-refractivity contribution in [2.45, 2.75) is 33.3 Å². The third-order valence-corrected chi connectivity index (χ3v) is 2.85. The highest BCUT2D eigenvalue weighted by molar-refractivity contribution is 6.02. The van der Waals surface area contributed by atoms with Crippen molar-refractivity contribution in [1.82, 2.24) is 0 Å². The highest BCUT2D eigenvalue weighted by Crippen LogP contribution is 2.21. The van der Waals surface area contributed by atoms with Gasteiger partial charge in [0.2, 0.25) is 0 Å². The number of benzene rings is 1. The van der Waals surface area contributed by atoms with Crippen LogP contribution < -0.4 is 0 Å². The lowest BCUT2D eigenvalue weighted by Crippen LogP contribution is -2.24. The van der Waals surface area contributed by atoms with E-state index in [9.17, 15) is 14.4 Å². The SMILES string of the molecule is COC(=O)c1cc(C(=O)OC(C)(C)C)cc(C(=O)OC)c1C. The van der Waals surface area contributed by atoms with Crippen LogP contribution in [0, 0.1) is 6.92 Å². The minimum Gasteiger partial charge on any atom is -0.465 e. The summed E-state index contributed by atoms with van der Waals surface area (Å²) in [5.41, 5.74) is 0.00333. The Labute approximate surface area is 129 Å². The maximum atomic E-state index is 12.2. The van der Waals surface area contributed by atoms with E-state index in [4.69, 9.17) is 4.74 Å². The van der Waals surface area contributed by atoms with Gasteiger partial charge in [-0.3, -0.25) is 0 Å². The van der Waals surface area contributed by atoms with Crippen LogP contribution in [0.2, 0.25) is 0 Å². The molecule has 0 aromatic heterocycles. The number of hydrogen-bond donors (Lipinski definition) is 0. The number of esters is 3. The summed E-state index contributed by atoms with van der Waals surface area (Å²) in [7, 11) is 2.44. The Morgan fingerprint density at radius 1 is 0.864 bits per heavy atom. The Balaban J connectivity index is 3.43. The smallest absolute Gasteiger partial charge is 0.338 e. The van der Waals surface area contributed by atoms with Crippen LogP contribution in [0.4, 0.5) is 0 Å². The van der Waals surface area contributed by atoms with Gasteiger partial charge >= 0.3 is 17.9 Å². The zero-order valence-corrected chi connectivity index (χ0v) is 13.6. The number of carbonyl (C=O) groups excluding carboxylic acids is 3. The molecule has 0 heterocycles. The van der Waals surface area contributed by atoms with E-state index in [0.717, 1.165) is 0 Å². The van der Waals surface area contributed by atoms with Crippen LogP contribution in [0.5, 0.6) is 0 Å². The molecule has 0 fully saturated rings. The molecule has 1 aromatic carbocycles. The standard InChI is InChI=1S/C16H20O6/c1-9-11(14(18)20-5)7-10(8-12(9)15(19)21-6)13(17)22-16(2,3)4/h7-8H,1-6H3. The number of methoxy groups -OCH3 is 2. The third kappa shape index (κ3) is 4.07. The van der Waals surface area contributed by atoms with E-state index in [2.05, 4.69) is 9.47 Å². The summed E-state index contributed by atoms with van der Waals surface area (Å²) in [5.74, 6) is -1.93. The number of ether oxygens (including phenoxy) is 3. The van der Waals surface area contributed by atoms with Crippen LogP contribution in [0.25, 0.3) is 0 Å². The Kier molecular flexibility index (Phi) is 5.30. The largest absolute Gasteiger partial charge is 0.465 e. The first-order valence-corrected chi connectivity index (χ1v) is 6.65. The van der Waals surface area contributed by atoms with Gasteiger partial charge in [-0.05, 0) is 45.4 Å². The quantitative estimate of drug-likeness (QED) is 0.630. The third-order valence-electron chi connectivity index (χ3n) is 2.85. The molecule has 0 spiro atoms. The van der Waals surface area contributed by atoms with Gasteiger partial charge in [0, 0.05) is 0 Å². The Bertz CT molecular complexity index is 573. The molecule has 0 radical (unpaired) electrons. The second-order valence-corrected chi connectivity index (χ2v) is 5.68. The van der Waals surface area contributed by atoms with Gasteiger partial charge in [-0.15, -0.1) is 0 Å². The van der Waals surface area contributed by atoms with Crippen LogP contribution in [0.15, 0.2) is 12.1 Å². The molecule has 0 saturated carbocycles. The maximum absolute atomic E-state index is 12.2. The van der Waals surface area contributed by atoms with Crippen LogP contribution in [-0.2, 0) is 14.2 Å². The lowest BCUT2D eigenvalue weighted by atomic mass is 9.98. The molecule has 0 atom stereocenters.